The molecule has 1 aliphatic heterocycles. The van der Waals surface area contributed by atoms with E-state index in [0.29, 0.717) is 37.1 Å². The number of hydrogen-bond acceptors (Lipinski definition) is 5. The Morgan fingerprint density at radius 2 is 1.97 bits per heavy atom. The van der Waals surface area contributed by atoms with E-state index in [4.69, 9.17) is 25.8 Å². The molecule has 0 bridgehead atoms. The Morgan fingerprint density at radius 1 is 1.22 bits per heavy atom. The first-order chi connectivity index (χ1) is 15.5. The maximum atomic E-state index is 14.1. The van der Waals surface area contributed by atoms with Crippen molar-refractivity contribution < 1.29 is 28.2 Å². The molecule has 0 radical (unpaired) electrons. The molecule has 1 fully saturated rings. The molecule has 7 nitrogen and oxygen atoms in total. The number of hydrogen-bond donors (Lipinski definition) is 0. The third-order valence-corrected chi connectivity index (χ3v) is 5.30. The van der Waals surface area contributed by atoms with E-state index in [1.165, 1.54) is 30.2 Å². The van der Waals surface area contributed by atoms with Crippen molar-refractivity contribution in [3.05, 3.63) is 64.9 Å². The van der Waals surface area contributed by atoms with Crippen molar-refractivity contribution in [2.45, 2.75) is 6.10 Å². The molecule has 2 amide bonds. The fraction of sp³-hybridized carbons (Fsp3) is 0.391. The summed E-state index contributed by atoms with van der Waals surface area (Å²) in [5.74, 6) is -0.662. The van der Waals surface area contributed by atoms with Crippen molar-refractivity contribution in [2.24, 2.45) is 0 Å². The van der Waals surface area contributed by atoms with Crippen LogP contribution in [0.3, 0.4) is 0 Å². The largest absolute Gasteiger partial charge is 0.484 e. The molecule has 32 heavy (non-hydrogen) atoms. The predicted molar refractivity (Wildman–Crippen MR) is 117 cm³/mol. The number of benzene rings is 2. The highest BCUT2D eigenvalue weighted by Crippen LogP contribution is 2.16. The van der Waals surface area contributed by atoms with Crippen molar-refractivity contribution in [3.8, 4) is 5.75 Å². The maximum absolute atomic E-state index is 14.1. The lowest BCUT2D eigenvalue weighted by atomic mass is 10.1. The van der Waals surface area contributed by atoms with Gasteiger partial charge in [0.1, 0.15) is 11.6 Å². The van der Waals surface area contributed by atoms with Crippen LogP contribution in [-0.2, 0) is 14.3 Å². The van der Waals surface area contributed by atoms with Gasteiger partial charge in [0.2, 0.25) is 0 Å². The summed E-state index contributed by atoms with van der Waals surface area (Å²) in [6, 6.07) is 12.6. The number of ether oxygens (including phenoxy) is 3. The quantitative estimate of drug-likeness (QED) is 0.571. The van der Waals surface area contributed by atoms with E-state index < -0.39 is 17.8 Å². The number of carbonyl (C=O) groups is 2. The number of rotatable bonds is 9. The molecule has 3 rings (SSSR count). The van der Waals surface area contributed by atoms with Gasteiger partial charge in [0.05, 0.1) is 24.9 Å². The smallest absolute Gasteiger partial charge is 0.260 e. The van der Waals surface area contributed by atoms with Gasteiger partial charge in [-0.1, -0.05) is 23.7 Å². The average Bonchev–Trinajstić information content (AvgIpc) is 2.81. The molecular formula is C23H26ClFN2O5. The van der Waals surface area contributed by atoms with Crippen LogP contribution >= 0.6 is 11.6 Å². The van der Waals surface area contributed by atoms with Gasteiger partial charge in [-0.05, 0) is 36.4 Å². The van der Waals surface area contributed by atoms with E-state index >= 15 is 0 Å². The molecule has 1 saturated heterocycles. The van der Waals surface area contributed by atoms with Gasteiger partial charge in [-0.15, -0.1) is 0 Å². The summed E-state index contributed by atoms with van der Waals surface area (Å²) in [6.07, 6.45) is -0.407. The second-order valence-electron chi connectivity index (χ2n) is 7.30. The monoisotopic (exact) mass is 464 g/mol. The first-order valence-corrected chi connectivity index (χ1v) is 10.7. The van der Waals surface area contributed by atoms with Crippen molar-refractivity contribution in [1.29, 1.82) is 0 Å². The number of methoxy groups -OCH3 is 1. The fourth-order valence-electron chi connectivity index (χ4n) is 3.35. The maximum Gasteiger partial charge on any atom is 0.260 e. The summed E-state index contributed by atoms with van der Waals surface area (Å²) in [5.41, 5.74) is -0.0105. The van der Waals surface area contributed by atoms with E-state index in [0.717, 1.165) is 0 Å². The van der Waals surface area contributed by atoms with Crippen molar-refractivity contribution >= 4 is 23.4 Å². The third kappa shape index (κ3) is 6.66. The minimum Gasteiger partial charge on any atom is -0.484 e. The van der Waals surface area contributed by atoms with Crippen LogP contribution < -0.4 is 4.74 Å². The lowest BCUT2D eigenvalue weighted by Gasteiger charge is -2.35. The first kappa shape index (κ1) is 24.0. The van der Waals surface area contributed by atoms with E-state index in [1.807, 2.05) is 0 Å². The summed E-state index contributed by atoms with van der Waals surface area (Å²) in [6.45, 7) is 1.73. The van der Waals surface area contributed by atoms with Crippen molar-refractivity contribution in [2.75, 3.05) is 53.1 Å². The zero-order valence-corrected chi connectivity index (χ0v) is 18.6. The molecule has 2 aromatic carbocycles. The van der Waals surface area contributed by atoms with Gasteiger partial charge in [-0.25, -0.2) is 4.39 Å². The van der Waals surface area contributed by atoms with E-state index in [-0.39, 0.29) is 31.2 Å². The van der Waals surface area contributed by atoms with Gasteiger partial charge >= 0.3 is 0 Å². The zero-order chi connectivity index (χ0) is 22.9. The number of halogens is 2. The second kappa shape index (κ2) is 11.8. The summed E-state index contributed by atoms with van der Waals surface area (Å²) in [4.78, 5) is 28.7. The summed E-state index contributed by atoms with van der Waals surface area (Å²) < 4.78 is 30.6. The van der Waals surface area contributed by atoms with E-state index in [2.05, 4.69) is 0 Å². The Kier molecular flexibility index (Phi) is 8.84. The predicted octanol–water partition coefficient (Wildman–Crippen LogP) is 2.87. The fourth-order valence-corrected chi connectivity index (χ4v) is 3.48. The third-order valence-electron chi connectivity index (χ3n) is 5.05. The van der Waals surface area contributed by atoms with Crippen LogP contribution in [-0.4, -0.2) is 80.8 Å². The van der Waals surface area contributed by atoms with Crippen molar-refractivity contribution in [1.82, 2.24) is 9.80 Å². The first-order valence-electron chi connectivity index (χ1n) is 10.3. The van der Waals surface area contributed by atoms with E-state index in [9.17, 15) is 14.0 Å². The molecule has 0 aromatic heterocycles. The summed E-state index contributed by atoms with van der Waals surface area (Å²) >= 11 is 5.85. The Balaban J connectivity index is 1.59. The van der Waals surface area contributed by atoms with Crippen LogP contribution in [0.1, 0.15) is 10.4 Å². The van der Waals surface area contributed by atoms with Gasteiger partial charge in [-0.3, -0.25) is 9.59 Å². The zero-order valence-electron chi connectivity index (χ0n) is 17.8. The molecule has 0 unspecified atom stereocenters. The molecule has 2 aromatic rings. The standard InChI is InChI=1S/C23H26ClFN2O5/c1-30-12-10-27(23(29)20-4-2-3-5-21(20)25)15-19-14-26(11-13-31-19)22(28)16-32-18-8-6-17(24)7-9-18/h2-9,19H,10-16H2,1H3/t19-/m0/s1. The number of morpholine rings is 1. The molecule has 0 aliphatic carbocycles. The Hall–Kier alpha value is -2.68. The number of amides is 2. The topological polar surface area (TPSA) is 68.3 Å². The Bertz CT molecular complexity index is 912. The molecular weight excluding hydrogens is 439 g/mol. The van der Waals surface area contributed by atoms with Gasteiger partial charge in [0, 0.05) is 38.3 Å². The minimum absolute atomic E-state index is 0.0105. The van der Waals surface area contributed by atoms with Crippen LogP contribution in [0.15, 0.2) is 48.5 Å². The highest BCUT2D eigenvalue weighted by atomic mass is 35.5. The molecule has 0 saturated carbocycles. The molecule has 1 atom stereocenters. The van der Waals surface area contributed by atoms with Crippen LogP contribution in [0.25, 0.3) is 0 Å². The summed E-state index contributed by atoms with van der Waals surface area (Å²) in [5, 5.41) is 0.586. The van der Waals surface area contributed by atoms with Gasteiger partial charge in [0.25, 0.3) is 11.8 Å². The highest BCUT2D eigenvalue weighted by Gasteiger charge is 2.28. The lowest BCUT2D eigenvalue weighted by molar-refractivity contribution is -0.141. The lowest BCUT2D eigenvalue weighted by Crippen LogP contribution is -2.52. The average molecular weight is 465 g/mol. The van der Waals surface area contributed by atoms with Crippen molar-refractivity contribution in [3.63, 3.8) is 0 Å². The van der Waals surface area contributed by atoms with Gasteiger partial charge in [-0.2, -0.15) is 0 Å². The van der Waals surface area contributed by atoms with Gasteiger partial charge in [0.15, 0.2) is 6.61 Å². The van der Waals surface area contributed by atoms with Gasteiger partial charge < -0.3 is 24.0 Å². The Morgan fingerprint density at radius 3 is 2.69 bits per heavy atom. The van der Waals surface area contributed by atoms with E-state index in [1.54, 1.807) is 35.2 Å². The summed E-state index contributed by atoms with van der Waals surface area (Å²) in [7, 11) is 1.53. The van der Waals surface area contributed by atoms with Crippen LogP contribution in [0.4, 0.5) is 4.39 Å². The number of carbonyl (C=O) groups excluding carboxylic acids is 2. The highest BCUT2D eigenvalue weighted by molar-refractivity contribution is 6.30. The van der Waals surface area contributed by atoms with Crippen LogP contribution in [0, 0.1) is 5.82 Å². The molecule has 1 heterocycles. The molecule has 172 valence electrons. The Labute approximate surface area is 191 Å². The van der Waals surface area contributed by atoms with Crippen LogP contribution in [0.2, 0.25) is 5.02 Å². The molecule has 9 heteroatoms. The normalized spacial score (nSPS) is 16.0. The minimum atomic E-state index is -0.583. The van der Waals surface area contributed by atoms with Crippen LogP contribution in [0.5, 0.6) is 5.75 Å². The molecule has 1 aliphatic rings. The molecule has 0 N–H and O–H groups in total. The second-order valence-corrected chi connectivity index (χ2v) is 7.74. The number of nitrogens with zero attached hydrogens (tertiary/aromatic N) is 2. The SMILES string of the molecule is COCCN(C[C@@H]1CN(C(=O)COc2ccc(Cl)cc2)CCO1)C(=O)c1ccccc1F. The molecule has 0 spiro atoms.